The maximum Gasteiger partial charge on any atom is 0.251 e. The molecule has 4 rings (SSSR count). The first-order valence-electron chi connectivity index (χ1n) is 12.7. The Bertz CT molecular complexity index is 778. The highest BCUT2D eigenvalue weighted by Crippen LogP contribution is 2.31. The molecule has 0 aromatic carbocycles. The first-order valence-corrected chi connectivity index (χ1v) is 12.7. The zero-order chi connectivity index (χ0) is 21.6. The van der Waals surface area contributed by atoms with Gasteiger partial charge in [0.2, 0.25) is 5.91 Å². The third kappa shape index (κ3) is 5.97. The summed E-state index contributed by atoms with van der Waals surface area (Å²) in [5.74, 6) is 2.52. The van der Waals surface area contributed by atoms with Crippen LogP contribution < -0.4 is 5.56 Å². The number of aromatic nitrogens is 2. The highest BCUT2D eigenvalue weighted by Gasteiger charge is 2.28. The summed E-state index contributed by atoms with van der Waals surface area (Å²) in [4.78, 5) is 37.4. The molecular formula is C25H40N4O2. The number of hydrogen-bond acceptors (Lipinski definition) is 4. The molecule has 2 saturated heterocycles. The van der Waals surface area contributed by atoms with Crippen LogP contribution in [0, 0.1) is 5.92 Å². The molecule has 6 nitrogen and oxygen atoms in total. The number of rotatable bonds is 6. The number of likely N-dealkylation sites (tertiary alicyclic amines) is 2. The van der Waals surface area contributed by atoms with E-state index in [-0.39, 0.29) is 17.4 Å². The summed E-state index contributed by atoms with van der Waals surface area (Å²) in [7, 11) is 0. The number of amides is 1. The lowest BCUT2D eigenvalue weighted by Crippen LogP contribution is -2.40. The average Bonchev–Trinajstić information content (AvgIpc) is 2.80. The number of carbonyl (C=O) groups is 1. The third-order valence-corrected chi connectivity index (χ3v) is 7.65. The molecule has 1 aromatic rings. The second kappa shape index (κ2) is 10.8. The van der Waals surface area contributed by atoms with Crippen molar-refractivity contribution in [3.05, 3.63) is 27.9 Å². The Balaban J connectivity index is 1.37. The summed E-state index contributed by atoms with van der Waals surface area (Å²) < 4.78 is 0. The maximum atomic E-state index is 12.5. The largest absolute Gasteiger partial charge is 0.342 e. The fourth-order valence-corrected chi connectivity index (χ4v) is 5.84. The van der Waals surface area contributed by atoms with Crippen LogP contribution in [0.15, 0.2) is 10.9 Å². The van der Waals surface area contributed by atoms with Crippen molar-refractivity contribution in [1.82, 2.24) is 19.8 Å². The zero-order valence-electron chi connectivity index (χ0n) is 19.3. The van der Waals surface area contributed by atoms with E-state index in [1.165, 1.54) is 38.6 Å². The van der Waals surface area contributed by atoms with Gasteiger partial charge in [-0.2, -0.15) is 0 Å². The monoisotopic (exact) mass is 428 g/mol. The van der Waals surface area contributed by atoms with Crippen molar-refractivity contribution in [3.8, 4) is 0 Å². The minimum Gasteiger partial charge on any atom is -0.342 e. The smallest absolute Gasteiger partial charge is 0.251 e. The summed E-state index contributed by atoms with van der Waals surface area (Å²) in [5, 5.41) is 0. The van der Waals surface area contributed by atoms with Crippen molar-refractivity contribution in [2.45, 2.75) is 89.4 Å². The second-order valence-electron chi connectivity index (χ2n) is 10.1. The number of H-pyrrole nitrogens is 1. The fourth-order valence-electron chi connectivity index (χ4n) is 5.84. The average molecular weight is 429 g/mol. The molecule has 0 radical (unpaired) electrons. The van der Waals surface area contributed by atoms with Gasteiger partial charge in [-0.15, -0.1) is 0 Å². The number of piperidine rings is 2. The van der Waals surface area contributed by atoms with E-state index < -0.39 is 0 Å². The van der Waals surface area contributed by atoms with Gasteiger partial charge in [0, 0.05) is 44.0 Å². The molecule has 172 valence electrons. The molecule has 1 aromatic heterocycles. The van der Waals surface area contributed by atoms with Gasteiger partial charge in [-0.1, -0.05) is 26.2 Å². The molecule has 1 aliphatic carbocycles. The first kappa shape index (κ1) is 22.5. The van der Waals surface area contributed by atoms with Crippen LogP contribution in [0.25, 0.3) is 0 Å². The first-order chi connectivity index (χ1) is 15.1. The summed E-state index contributed by atoms with van der Waals surface area (Å²) in [6.45, 7) is 7.06. The van der Waals surface area contributed by atoms with Crippen molar-refractivity contribution >= 4 is 5.91 Å². The van der Waals surface area contributed by atoms with Gasteiger partial charge in [-0.05, 0) is 64.0 Å². The third-order valence-electron chi connectivity index (χ3n) is 7.65. The van der Waals surface area contributed by atoms with E-state index >= 15 is 0 Å². The molecule has 3 aliphatic rings. The highest BCUT2D eigenvalue weighted by atomic mass is 16.2. The van der Waals surface area contributed by atoms with E-state index in [4.69, 9.17) is 4.98 Å². The van der Waals surface area contributed by atoms with Gasteiger partial charge in [-0.25, -0.2) is 4.98 Å². The van der Waals surface area contributed by atoms with Crippen LogP contribution in [0.4, 0.5) is 0 Å². The lowest BCUT2D eigenvalue weighted by atomic mass is 9.87. The molecule has 1 N–H and O–H groups in total. The van der Waals surface area contributed by atoms with Crippen LogP contribution >= 0.6 is 0 Å². The number of nitrogens with zero attached hydrogens (tertiary/aromatic N) is 3. The molecule has 0 bridgehead atoms. The predicted octanol–water partition coefficient (Wildman–Crippen LogP) is 4.04. The van der Waals surface area contributed by atoms with Crippen LogP contribution in [-0.2, 0) is 4.79 Å². The second-order valence-corrected chi connectivity index (χ2v) is 10.1. The van der Waals surface area contributed by atoms with Crippen molar-refractivity contribution in [1.29, 1.82) is 0 Å². The van der Waals surface area contributed by atoms with Crippen LogP contribution in [0.1, 0.15) is 101 Å². The molecule has 0 spiro atoms. The van der Waals surface area contributed by atoms with Gasteiger partial charge < -0.3 is 14.8 Å². The van der Waals surface area contributed by atoms with Crippen LogP contribution in [0.3, 0.4) is 0 Å². The predicted molar refractivity (Wildman–Crippen MR) is 123 cm³/mol. The zero-order valence-corrected chi connectivity index (χ0v) is 19.3. The van der Waals surface area contributed by atoms with Crippen molar-refractivity contribution in [3.63, 3.8) is 0 Å². The quantitative estimate of drug-likeness (QED) is 0.743. The van der Waals surface area contributed by atoms with Gasteiger partial charge in [-0.3, -0.25) is 9.59 Å². The summed E-state index contributed by atoms with van der Waals surface area (Å²) in [6.07, 6.45) is 12.7. The number of hydrogen-bond donors (Lipinski definition) is 1. The number of carbonyl (C=O) groups excluding carboxylic acids is 1. The molecule has 1 saturated carbocycles. The molecule has 3 heterocycles. The van der Waals surface area contributed by atoms with E-state index in [9.17, 15) is 9.59 Å². The van der Waals surface area contributed by atoms with Crippen molar-refractivity contribution in [2.24, 2.45) is 5.92 Å². The molecular weight excluding hydrogens is 388 g/mol. The minimum absolute atomic E-state index is 0.0401. The van der Waals surface area contributed by atoms with Gasteiger partial charge >= 0.3 is 0 Å². The van der Waals surface area contributed by atoms with Gasteiger partial charge in [0.15, 0.2) is 0 Å². The van der Waals surface area contributed by atoms with Gasteiger partial charge in [0.1, 0.15) is 5.82 Å². The fraction of sp³-hybridized carbons (Fsp3) is 0.800. The van der Waals surface area contributed by atoms with Gasteiger partial charge in [0.05, 0.1) is 5.69 Å². The maximum absolute atomic E-state index is 12.5. The van der Waals surface area contributed by atoms with E-state index in [2.05, 4.69) is 9.88 Å². The Morgan fingerprint density at radius 1 is 1.03 bits per heavy atom. The Morgan fingerprint density at radius 3 is 2.55 bits per heavy atom. The Kier molecular flexibility index (Phi) is 7.81. The van der Waals surface area contributed by atoms with E-state index in [0.717, 1.165) is 69.2 Å². The SMILES string of the molecule is CCCC(=O)N1CCC[C@@H](c2cc(=O)[nH]c(C3CCN(CC4CCCCC4)CC3)n2)C1. The van der Waals surface area contributed by atoms with Crippen LogP contribution in [0.5, 0.6) is 0 Å². The van der Waals surface area contributed by atoms with E-state index in [1.54, 1.807) is 6.07 Å². The van der Waals surface area contributed by atoms with Crippen LogP contribution in [-0.4, -0.2) is 58.4 Å². The lowest BCUT2D eigenvalue weighted by molar-refractivity contribution is -0.132. The normalized spacial score (nSPS) is 24.4. The van der Waals surface area contributed by atoms with Crippen molar-refractivity contribution in [2.75, 3.05) is 32.7 Å². The van der Waals surface area contributed by atoms with E-state index in [1.807, 2.05) is 11.8 Å². The Morgan fingerprint density at radius 2 is 1.81 bits per heavy atom. The molecule has 6 heteroatoms. The van der Waals surface area contributed by atoms with Crippen molar-refractivity contribution < 1.29 is 4.79 Å². The molecule has 31 heavy (non-hydrogen) atoms. The highest BCUT2D eigenvalue weighted by molar-refractivity contribution is 5.76. The topological polar surface area (TPSA) is 69.3 Å². The molecule has 1 atom stereocenters. The molecule has 1 amide bonds. The molecule has 3 fully saturated rings. The molecule has 0 unspecified atom stereocenters. The summed E-state index contributed by atoms with van der Waals surface area (Å²) in [5.41, 5.74) is 0.846. The van der Waals surface area contributed by atoms with Gasteiger partial charge in [0.25, 0.3) is 5.56 Å². The number of nitrogens with one attached hydrogen (secondary N) is 1. The summed E-state index contributed by atoms with van der Waals surface area (Å²) >= 11 is 0. The standard InChI is InChI=1S/C25H40N4O2/c1-2-7-24(31)29-13-6-10-21(18-29)22-16-23(30)27-25(26-22)20-11-14-28(15-12-20)17-19-8-4-3-5-9-19/h16,19-21H,2-15,17-18H2,1H3,(H,26,27,30)/t21-/m1/s1. The molecule has 2 aliphatic heterocycles. The summed E-state index contributed by atoms with van der Waals surface area (Å²) in [6, 6.07) is 1.67. The minimum atomic E-state index is -0.0401. The lowest BCUT2D eigenvalue weighted by Gasteiger charge is -2.35. The van der Waals surface area contributed by atoms with Crippen LogP contribution in [0.2, 0.25) is 0 Å². The van der Waals surface area contributed by atoms with E-state index in [0.29, 0.717) is 18.9 Å². The Labute approximate surface area is 186 Å². The Hall–Kier alpha value is -1.69. The number of aromatic amines is 1.